The number of carbonyl (C=O) groups is 1. The fraction of sp³-hybridized carbons (Fsp3) is 0.129. The Morgan fingerprint density at radius 3 is 2.53 bits per heavy atom. The number of nitrogens with two attached hydrogens (primary N) is 1. The van der Waals surface area contributed by atoms with Crippen LogP contribution in [0.15, 0.2) is 85.3 Å². The highest BCUT2D eigenvalue weighted by Crippen LogP contribution is 2.24. The Balaban J connectivity index is 1.16. The standard InChI is InChI=1S/C31H26N6O/c32-16-27-12-9-22(17-33-27)6-5-21-7-10-23(11-8-21)31(38)37-14-13-25-18-35-30(36-29(25)20-37)26-15-24-3-1-2-4-28(24)34-19-26/h1-12,15,17-19H,13-14,16,20,32H2/b6-5+. The zero-order valence-electron chi connectivity index (χ0n) is 20.8. The van der Waals surface area contributed by atoms with Gasteiger partial charge in [0, 0.05) is 48.2 Å². The van der Waals surface area contributed by atoms with Crippen molar-refractivity contribution in [2.75, 3.05) is 6.54 Å². The van der Waals surface area contributed by atoms with Gasteiger partial charge >= 0.3 is 0 Å². The summed E-state index contributed by atoms with van der Waals surface area (Å²) in [6, 6.07) is 21.6. The predicted molar refractivity (Wildman–Crippen MR) is 149 cm³/mol. The Labute approximate surface area is 220 Å². The van der Waals surface area contributed by atoms with E-state index in [1.807, 2.05) is 83.9 Å². The molecular weight excluding hydrogens is 472 g/mol. The molecule has 186 valence electrons. The first-order valence-corrected chi connectivity index (χ1v) is 12.6. The maximum absolute atomic E-state index is 13.3. The summed E-state index contributed by atoms with van der Waals surface area (Å²) in [6.07, 6.45) is 10.2. The normalized spacial score (nSPS) is 13.1. The molecule has 2 aromatic carbocycles. The van der Waals surface area contributed by atoms with E-state index in [0.29, 0.717) is 31.0 Å². The summed E-state index contributed by atoms with van der Waals surface area (Å²) < 4.78 is 0. The van der Waals surface area contributed by atoms with Crippen LogP contribution in [0.3, 0.4) is 0 Å². The molecule has 0 saturated heterocycles. The average molecular weight is 499 g/mol. The fourth-order valence-corrected chi connectivity index (χ4v) is 4.58. The first-order valence-electron chi connectivity index (χ1n) is 12.6. The minimum Gasteiger partial charge on any atom is -0.332 e. The molecule has 0 radical (unpaired) electrons. The first kappa shape index (κ1) is 23.6. The Hall–Kier alpha value is -4.75. The number of para-hydroxylation sites is 1. The minimum absolute atomic E-state index is 0.000266. The molecule has 0 fully saturated rings. The molecular formula is C31H26N6O. The summed E-state index contributed by atoms with van der Waals surface area (Å²) in [5.41, 5.74) is 12.9. The van der Waals surface area contributed by atoms with Gasteiger partial charge in [0.2, 0.25) is 0 Å². The van der Waals surface area contributed by atoms with Crippen LogP contribution in [0.25, 0.3) is 34.4 Å². The zero-order chi connectivity index (χ0) is 25.9. The van der Waals surface area contributed by atoms with E-state index in [4.69, 9.17) is 10.7 Å². The molecule has 3 aromatic heterocycles. The second kappa shape index (κ2) is 10.3. The third kappa shape index (κ3) is 4.92. The van der Waals surface area contributed by atoms with Crippen LogP contribution >= 0.6 is 0 Å². The van der Waals surface area contributed by atoms with Gasteiger partial charge in [0.25, 0.3) is 5.91 Å². The monoisotopic (exact) mass is 498 g/mol. The number of hydrogen-bond acceptors (Lipinski definition) is 6. The van der Waals surface area contributed by atoms with E-state index < -0.39 is 0 Å². The molecule has 1 amide bonds. The highest BCUT2D eigenvalue weighted by molar-refractivity contribution is 5.94. The van der Waals surface area contributed by atoms with Crippen LogP contribution < -0.4 is 5.73 Å². The summed E-state index contributed by atoms with van der Waals surface area (Å²) in [6.45, 7) is 1.52. The van der Waals surface area contributed by atoms with E-state index in [2.05, 4.69) is 21.0 Å². The lowest BCUT2D eigenvalue weighted by Gasteiger charge is -2.28. The molecule has 2 N–H and O–H groups in total. The van der Waals surface area contributed by atoms with E-state index in [-0.39, 0.29) is 5.91 Å². The van der Waals surface area contributed by atoms with Gasteiger partial charge in [0.1, 0.15) is 0 Å². The predicted octanol–water partition coefficient (Wildman–Crippen LogP) is 4.91. The Morgan fingerprint density at radius 2 is 1.71 bits per heavy atom. The van der Waals surface area contributed by atoms with Crippen molar-refractivity contribution in [3.63, 3.8) is 0 Å². The van der Waals surface area contributed by atoms with Gasteiger partial charge in [-0.15, -0.1) is 0 Å². The van der Waals surface area contributed by atoms with Gasteiger partial charge < -0.3 is 10.6 Å². The van der Waals surface area contributed by atoms with Crippen LogP contribution in [0, 0.1) is 0 Å². The molecule has 7 heteroatoms. The molecule has 7 nitrogen and oxygen atoms in total. The molecule has 4 heterocycles. The first-order chi connectivity index (χ1) is 18.7. The quantitative estimate of drug-likeness (QED) is 0.370. The van der Waals surface area contributed by atoms with Gasteiger partial charge in [-0.2, -0.15) is 0 Å². The van der Waals surface area contributed by atoms with Gasteiger partial charge in [-0.1, -0.05) is 48.6 Å². The number of nitrogens with zero attached hydrogens (tertiary/aromatic N) is 5. The molecule has 0 saturated carbocycles. The SMILES string of the molecule is NCc1ccc(/C=C/c2ccc(C(=O)N3CCc4cnc(-c5cnc6ccccc6c5)nc4C3)cc2)cn1. The highest BCUT2D eigenvalue weighted by Gasteiger charge is 2.23. The van der Waals surface area contributed by atoms with Crippen LogP contribution in [0.4, 0.5) is 0 Å². The molecule has 0 unspecified atom stereocenters. The number of benzene rings is 2. The van der Waals surface area contributed by atoms with Gasteiger partial charge in [-0.3, -0.25) is 14.8 Å². The van der Waals surface area contributed by atoms with E-state index >= 15 is 0 Å². The van der Waals surface area contributed by atoms with E-state index in [1.165, 1.54) is 0 Å². The van der Waals surface area contributed by atoms with Crippen LogP contribution in [-0.4, -0.2) is 37.3 Å². The third-order valence-corrected chi connectivity index (χ3v) is 6.76. The van der Waals surface area contributed by atoms with Crippen molar-refractivity contribution in [3.05, 3.63) is 119 Å². The Morgan fingerprint density at radius 1 is 0.895 bits per heavy atom. The van der Waals surface area contributed by atoms with Gasteiger partial charge in [0.05, 0.1) is 23.4 Å². The van der Waals surface area contributed by atoms with Crippen molar-refractivity contribution < 1.29 is 4.79 Å². The summed E-state index contributed by atoms with van der Waals surface area (Å²) in [5.74, 6) is 0.626. The van der Waals surface area contributed by atoms with Gasteiger partial charge in [-0.25, -0.2) is 9.97 Å². The third-order valence-electron chi connectivity index (χ3n) is 6.76. The van der Waals surface area contributed by atoms with Crippen molar-refractivity contribution >= 4 is 29.0 Å². The molecule has 0 atom stereocenters. The molecule has 1 aliphatic rings. The van der Waals surface area contributed by atoms with E-state index in [9.17, 15) is 4.79 Å². The van der Waals surface area contributed by atoms with Crippen molar-refractivity contribution in [2.45, 2.75) is 19.5 Å². The summed E-state index contributed by atoms with van der Waals surface area (Å²) >= 11 is 0. The summed E-state index contributed by atoms with van der Waals surface area (Å²) in [5, 5.41) is 1.04. The number of pyridine rings is 2. The maximum atomic E-state index is 13.3. The molecule has 0 bridgehead atoms. The van der Waals surface area contributed by atoms with Gasteiger partial charge in [0.15, 0.2) is 5.82 Å². The van der Waals surface area contributed by atoms with Crippen LogP contribution in [-0.2, 0) is 19.5 Å². The average Bonchev–Trinajstić information content (AvgIpc) is 2.99. The second-order valence-electron chi connectivity index (χ2n) is 9.30. The maximum Gasteiger partial charge on any atom is 0.254 e. The highest BCUT2D eigenvalue weighted by atomic mass is 16.2. The lowest BCUT2D eigenvalue weighted by molar-refractivity contribution is 0.0731. The van der Waals surface area contributed by atoms with Crippen LogP contribution in [0.1, 0.15) is 38.4 Å². The number of rotatable bonds is 5. The molecule has 1 aliphatic heterocycles. The zero-order valence-corrected chi connectivity index (χ0v) is 20.8. The van der Waals surface area contributed by atoms with Gasteiger partial charge in [-0.05, 0) is 53.4 Å². The topological polar surface area (TPSA) is 97.9 Å². The lowest BCUT2D eigenvalue weighted by atomic mass is 10.0. The Bertz CT molecular complexity index is 1640. The second-order valence-corrected chi connectivity index (χ2v) is 9.30. The van der Waals surface area contributed by atoms with Crippen molar-refractivity contribution in [1.29, 1.82) is 0 Å². The summed E-state index contributed by atoms with van der Waals surface area (Å²) in [7, 11) is 0. The lowest BCUT2D eigenvalue weighted by Crippen LogP contribution is -2.36. The van der Waals surface area contributed by atoms with Crippen LogP contribution in [0.2, 0.25) is 0 Å². The summed E-state index contributed by atoms with van der Waals surface area (Å²) in [4.78, 5) is 33.4. The fourth-order valence-electron chi connectivity index (χ4n) is 4.58. The molecule has 0 spiro atoms. The van der Waals surface area contributed by atoms with Crippen molar-refractivity contribution in [3.8, 4) is 11.4 Å². The molecule has 38 heavy (non-hydrogen) atoms. The smallest absolute Gasteiger partial charge is 0.254 e. The molecule has 0 aliphatic carbocycles. The number of aromatic nitrogens is 4. The Kier molecular flexibility index (Phi) is 6.42. The minimum atomic E-state index is 0.000266. The van der Waals surface area contributed by atoms with Crippen molar-refractivity contribution in [2.24, 2.45) is 5.73 Å². The van der Waals surface area contributed by atoms with E-state index in [0.717, 1.165) is 51.0 Å². The van der Waals surface area contributed by atoms with Crippen molar-refractivity contribution in [1.82, 2.24) is 24.8 Å². The molecule has 5 aromatic rings. The van der Waals surface area contributed by atoms with E-state index in [1.54, 1.807) is 12.4 Å². The van der Waals surface area contributed by atoms with Crippen LogP contribution in [0.5, 0.6) is 0 Å². The number of amides is 1. The number of fused-ring (bicyclic) bond motifs is 2. The number of carbonyl (C=O) groups excluding carboxylic acids is 1. The molecule has 6 rings (SSSR count). The number of hydrogen-bond donors (Lipinski definition) is 1. The largest absolute Gasteiger partial charge is 0.332 e.